The second-order valence-electron chi connectivity index (χ2n) is 5.43. The van der Waals surface area contributed by atoms with Crippen molar-refractivity contribution in [1.82, 2.24) is 4.72 Å². The molecule has 19 heavy (non-hydrogen) atoms. The van der Waals surface area contributed by atoms with Crippen LogP contribution in [0.4, 0.5) is 0 Å². The molecule has 1 fully saturated rings. The van der Waals surface area contributed by atoms with E-state index in [1.54, 1.807) is 11.4 Å². The van der Waals surface area contributed by atoms with Gasteiger partial charge in [-0.15, -0.1) is 11.3 Å². The second kappa shape index (κ2) is 5.91. The first-order valence-electron chi connectivity index (χ1n) is 6.64. The Kier molecular flexibility index (Phi) is 4.66. The van der Waals surface area contributed by atoms with Crippen molar-refractivity contribution < 1.29 is 13.5 Å². The number of aliphatic hydroxyl groups excluding tert-OH is 1. The number of hydrogen-bond donors (Lipinski definition) is 2. The highest BCUT2D eigenvalue weighted by molar-refractivity contribution is 7.91. The molecule has 1 aromatic heterocycles. The molecule has 2 rings (SSSR count). The van der Waals surface area contributed by atoms with Gasteiger partial charge in [0.05, 0.1) is 6.61 Å². The molecule has 6 heteroatoms. The zero-order chi connectivity index (χ0) is 14.0. The molecule has 2 N–H and O–H groups in total. The van der Waals surface area contributed by atoms with Gasteiger partial charge in [-0.25, -0.2) is 13.1 Å². The standard InChI is InChI=1S/C13H21NO3S2/c1-9-4-3-5-12(10(9)2)14-19(16,17)13-6-11(7-15)8-18-13/h6,8-10,12,14-15H,3-5,7H2,1-2H3. The first-order valence-corrected chi connectivity index (χ1v) is 9.01. The molecule has 1 saturated carbocycles. The van der Waals surface area contributed by atoms with Gasteiger partial charge in [0.15, 0.2) is 0 Å². The van der Waals surface area contributed by atoms with Crippen LogP contribution in [0, 0.1) is 11.8 Å². The molecule has 4 nitrogen and oxygen atoms in total. The molecule has 0 radical (unpaired) electrons. The van der Waals surface area contributed by atoms with Crippen LogP contribution >= 0.6 is 11.3 Å². The quantitative estimate of drug-likeness (QED) is 0.897. The molecule has 1 aliphatic carbocycles. The monoisotopic (exact) mass is 303 g/mol. The lowest BCUT2D eigenvalue weighted by Gasteiger charge is -2.34. The van der Waals surface area contributed by atoms with Crippen molar-refractivity contribution >= 4 is 21.4 Å². The maximum atomic E-state index is 12.3. The molecular formula is C13H21NO3S2. The molecule has 1 aromatic rings. The first kappa shape index (κ1) is 15.0. The van der Waals surface area contributed by atoms with Crippen LogP contribution in [0.3, 0.4) is 0 Å². The van der Waals surface area contributed by atoms with Crippen molar-refractivity contribution in [3.8, 4) is 0 Å². The van der Waals surface area contributed by atoms with E-state index in [1.165, 1.54) is 6.42 Å². The third-order valence-electron chi connectivity index (χ3n) is 4.09. The lowest BCUT2D eigenvalue weighted by molar-refractivity contribution is 0.227. The summed E-state index contributed by atoms with van der Waals surface area (Å²) in [4.78, 5) is 0. The average Bonchev–Trinajstić information content (AvgIpc) is 2.84. The van der Waals surface area contributed by atoms with Gasteiger partial charge in [0, 0.05) is 6.04 Å². The maximum absolute atomic E-state index is 12.3. The zero-order valence-electron chi connectivity index (χ0n) is 11.3. The smallest absolute Gasteiger partial charge is 0.250 e. The summed E-state index contributed by atoms with van der Waals surface area (Å²) in [6.45, 7) is 4.17. The van der Waals surface area contributed by atoms with E-state index >= 15 is 0 Å². The van der Waals surface area contributed by atoms with Gasteiger partial charge in [-0.1, -0.05) is 26.7 Å². The highest BCUT2D eigenvalue weighted by Crippen LogP contribution is 2.31. The largest absolute Gasteiger partial charge is 0.392 e. The average molecular weight is 303 g/mol. The maximum Gasteiger partial charge on any atom is 0.250 e. The van der Waals surface area contributed by atoms with Crippen LogP contribution in [-0.4, -0.2) is 19.6 Å². The van der Waals surface area contributed by atoms with E-state index < -0.39 is 10.0 Å². The van der Waals surface area contributed by atoms with Gasteiger partial charge in [-0.05, 0) is 35.3 Å². The number of hydrogen-bond acceptors (Lipinski definition) is 4. The van der Waals surface area contributed by atoms with Gasteiger partial charge in [0.2, 0.25) is 10.0 Å². The Morgan fingerprint density at radius 3 is 2.79 bits per heavy atom. The Hall–Kier alpha value is -0.430. The van der Waals surface area contributed by atoms with Crippen molar-refractivity contribution in [3.05, 3.63) is 17.0 Å². The second-order valence-corrected chi connectivity index (χ2v) is 8.28. The number of nitrogens with one attached hydrogen (secondary N) is 1. The van der Waals surface area contributed by atoms with Gasteiger partial charge in [0.1, 0.15) is 4.21 Å². The highest BCUT2D eigenvalue weighted by atomic mass is 32.2. The highest BCUT2D eigenvalue weighted by Gasteiger charge is 2.31. The molecular weight excluding hydrogens is 282 g/mol. The lowest BCUT2D eigenvalue weighted by atomic mass is 9.78. The molecule has 0 saturated heterocycles. The third kappa shape index (κ3) is 3.37. The van der Waals surface area contributed by atoms with Gasteiger partial charge < -0.3 is 5.11 Å². The Morgan fingerprint density at radius 1 is 1.42 bits per heavy atom. The van der Waals surface area contributed by atoms with Gasteiger partial charge in [-0.2, -0.15) is 0 Å². The van der Waals surface area contributed by atoms with E-state index in [1.807, 2.05) is 0 Å². The van der Waals surface area contributed by atoms with Crippen LogP contribution in [0.25, 0.3) is 0 Å². The minimum Gasteiger partial charge on any atom is -0.392 e. The molecule has 3 atom stereocenters. The van der Waals surface area contributed by atoms with Crippen molar-refractivity contribution in [2.24, 2.45) is 11.8 Å². The number of sulfonamides is 1. The molecule has 0 spiro atoms. The van der Waals surface area contributed by atoms with E-state index in [2.05, 4.69) is 18.6 Å². The van der Waals surface area contributed by atoms with E-state index in [4.69, 9.17) is 5.11 Å². The fourth-order valence-corrected chi connectivity index (χ4v) is 5.16. The van der Waals surface area contributed by atoms with Crippen LogP contribution in [0.2, 0.25) is 0 Å². The van der Waals surface area contributed by atoms with Crippen LogP contribution in [0.5, 0.6) is 0 Å². The van der Waals surface area contributed by atoms with E-state index in [0.29, 0.717) is 21.6 Å². The van der Waals surface area contributed by atoms with Crippen LogP contribution < -0.4 is 4.72 Å². The minimum atomic E-state index is -3.45. The Morgan fingerprint density at radius 2 is 2.16 bits per heavy atom. The van der Waals surface area contributed by atoms with Gasteiger partial charge >= 0.3 is 0 Å². The third-order valence-corrected chi connectivity index (χ3v) is 7.07. The molecule has 0 aliphatic heterocycles. The van der Waals surface area contributed by atoms with Gasteiger partial charge in [0.25, 0.3) is 0 Å². The normalized spacial score (nSPS) is 28.5. The minimum absolute atomic E-state index is 0.0217. The molecule has 0 bridgehead atoms. The fraction of sp³-hybridized carbons (Fsp3) is 0.692. The molecule has 0 aromatic carbocycles. The number of rotatable bonds is 4. The molecule has 108 valence electrons. The van der Waals surface area contributed by atoms with Crippen molar-refractivity contribution in [3.63, 3.8) is 0 Å². The topological polar surface area (TPSA) is 66.4 Å². The van der Waals surface area contributed by atoms with E-state index in [9.17, 15) is 8.42 Å². The summed E-state index contributed by atoms with van der Waals surface area (Å²) in [5, 5.41) is 10.7. The predicted octanol–water partition coefficient (Wildman–Crippen LogP) is 2.34. The lowest BCUT2D eigenvalue weighted by Crippen LogP contribution is -2.43. The summed E-state index contributed by atoms with van der Waals surface area (Å²) >= 11 is 1.16. The summed E-state index contributed by atoms with van der Waals surface area (Å²) in [6, 6.07) is 1.57. The van der Waals surface area contributed by atoms with Crippen molar-refractivity contribution in [1.29, 1.82) is 0 Å². The Balaban J connectivity index is 2.12. The SMILES string of the molecule is CC1CCCC(NS(=O)(=O)c2cc(CO)cs2)C1C. The summed E-state index contributed by atoms with van der Waals surface area (Å²) in [7, 11) is -3.45. The number of thiophene rings is 1. The Bertz CT molecular complexity index is 524. The Labute approximate surface area is 118 Å². The van der Waals surface area contributed by atoms with E-state index in [-0.39, 0.29) is 12.6 Å². The number of aliphatic hydroxyl groups is 1. The molecule has 1 heterocycles. The van der Waals surface area contributed by atoms with Gasteiger partial charge in [-0.3, -0.25) is 0 Å². The fourth-order valence-electron chi connectivity index (χ4n) is 2.58. The zero-order valence-corrected chi connectivity index (χ0v) is 12.9. The van der Waals surface area contributed by atoms with Crippen LogP contribution in [0.1, 0.15) is 38.7 Å². The summed E-state index contributed by atoms with van der Waals surface area (Å²) in [5.74, 6) is 0.915. The van der Waals surface area contributed by atoms with Crippen molar-refractivity contribution in [2.45, 2.75) is 50.0 Å². The molecule has 3 unspecified atom stereocenters. The molecule has 0 amide bonds. The summed E-state index contributed by atoms with van der Waals surface area (Å²) in [5.41, 5.74) is 0.649. The first-order chi connectivity index (χ1) is 8.94. The van der Waals surface area contributed by atoms with Crippen LogP contribution in [0.15, 0.2) is 15.7 Å². The molecule has 1 aliphatic rings. The van der Waals surface area contributed by atoms with Crippen LogP contribution in [-0.2, 0) is 16.6 Å². The predicted molar refractivity (Wildman–Crippen MR) is 76.5 cm³/mol. The van der Waals surface area contributed by atoms with E-state index in [0.717, 1.165) is 24.2 Å². The van der Waals surface area contributed by atoms with Crippen molar-refractivity contribution in [2.75, 3.05) is 0 Å². The summed E-state index contributed by atoms with van der Waals surface area (Å²) < 4.78 is 27.7. The summed E-state index contributed by atoms with van der Waals surface area (Å²) in [6.07, 6.45) is 3.15.